The van der Waals surface area contributed by atoms with Crippen molar-refractivity contribution in [3.05, 3.63) is 47.6 Å². The van der Waals surface area contributed by atoms with Gasteiger partial charge in [0, 0.05) is 25.5 Å². The lowest BCUT2D eigenvalue weighted by Gasteiger charge is -2.13. The molecule has 5 heteroatoms. The summed E-state index contributed by atoms with van der Waals surface area (Å²) >= 11 is 0. The van der Waals surface area contributed by atoms with E-state index in [1.807, 2.05) is 32.2 Å². The van der Waals surface area contributed by atoms with Crippen LogP contribution in [0.5, 0.6) is 0 Å². The van der Waals surface area contributed by atoms with E-state index in [9.17, 15) is 0 Å². The summed E-state index contributed by atoms with van der Waals surface area (Å²) in [7, 11) is 1.93. The molecule has 2 aromatic rings. The molecule has 0 saturated heterocycles. The van der Waals surface area contributed by atoms with Gasteiger partial charge in [0.15, 0.2) is 5.82 Å². The Hall–Kier alpha value is -1.72. The zero-order chi connectivity index (χ0) is 14.2. The van der Waals surface area contributed by atoms with Crippen LogP contribution in [-0.2, 0) is 17.6 Å². The van der Waals surface area contributed by atoms with Crippen molar-refractivity contribution in [1.82, 2.24) is 15.5 Å². The first-order chi connectivity index (χ1) is 9.83. The van der Waals surface area contributed by atoms with Gasteiger partial charge in [-0.05, 0) is 19.5 Å². The third kappa shape index (κ3) is 4.15. The van der Waals surface area contributed by atoms with Gasteiger partial charge in [-0.25, -0.2) is 0 Å². The molecule has 5 nitrogen and oxygen atoms in total. The molecule has 1 atom stereocenters. The molecule has 0 amide bonds. The van der Waals surface area contributed by atoms with Crippen LogP contribution in [0.25, 0.3) is 0 Å². The fourth-order valence-electron chi connectivity index (χ4n) is 2.03. The molecule has 0 radical (unpaired) electrons. The minimum Gasteiger partial charge on any atom is -0.381 e. The van der Waals surface area contributed by atoms with Crippen molar-refractivity contribution in [2.24, 2.45) is 0 Å². The van der Waals surface area contributed by atoms with Crippen LogP contribution >= 0.6 is 0 Å². The molecule has 0 spiro atoms. The molecular weight excluding hydrogens is 254 g/mol. The lowest BCUT2D eigenvalue weighted by atomic mass is 10.0. The van der Waals surface area contributed by atoms with Crippen LogP contribution in [0, 0.1) is 0 Å². The molecule has 0 aliphatic carbocycles. The first kappa shape index (κ1) is 14.7. The number of nitrogens with one attached hydrogen (secondary N) is 1. The number of hydrogen-bond acceptors (Lipinski definition) is 5. The van der Waals surface area contributed by atoms with Crippen molar-refractivity contribution in [3.63, 3.8) is 0 Å². The maximum Gasteiger partial charge on any atom is 0.228 e. The minimum atomic E-state index is 0.177. The van der Waals surface area contributed by atoms with E-state index in [1.165, 1.54) is 5.56 Å². The second kappa shape index (κ2) is 7.77. The van der Waals surface area contributed by atoms with Gasteiger partial charge in [-0.1, -0.05) is 35.5 Å². The van der Waals surface area contributed by atoms with Gasteiger partial charge in [0.1, 0.15) is 0 Å². The lowest BCUT2D eigenvalue weighted by Crippen LogP contribution is -2.18. The summed E-state index contributed by atoms with van der Waals surface area (Å²) < 4.78 is 10.6. The molecule has 1 aromatic heterocycles. The molecule has 20 heavy (non-hydrogen) atoms. The summed E-state index contributed by atoms with van der Waals surface area (Å²) in [4.78, 5) is 4.40. The standard InChI is InChI=1S/C15H21N3O2/c1-3-19-10-9-14-17-15(20-18-14)11-13(16-2)12-7-5-4-6-8-12/h4-8,13,16H,3,9-11H2,1-2H3. The Morgan fingerprint density at radius 1 is 1.30 bits per heavy atom. The van der Waals surface area contributed by atoms with Crippen LogP contribution in [0.4, 0.5) is 0 Å². The Labute approximate surface area is 119 Å². The first-order valence-corrected chi connectivity index (χ1v) is 6.95. The van der Waals surface area contributed by atoms with E-state index in [1.54, 1.807) is 0 Å². The summed E-state index contributed by atoms with van der Waals surface area (Å²) in [6.45, 7) is 3.31. The molecule has 108 valence electrons. The number of aromatic nitrogens is 2. The largest absolute Gasteiger partial charge is 0.381 e. The van der Waals surface area contributed by atoms with Crippen LogP contribution in [0.1, 0.15) is 30.2 Å². The Bertz CT molecular complexity index is 499. The normalized spacial score (nSPS) is 12.5. The number of benzene rings is 1. The van der Waals surface area contributed by atoms with Crippen LogP contribution in [0.15, 0.2) is 34.9 Å². The van der Waals surface area contributed by atoms with E-state index in [4.69, 9.17) is 9.26 Å². The third-order valence-corrected chi connectivity index (χ3v) is 3.11. The van der Waals surface area contributed by atoms with Crippen molar-refractivity contribution < 1.29 is 9.26 Å². The lowest BCUT2D eigenvalue weighted by molar-refractivity contribution is 0.149. The third-order valence-electron chi connectivity index (χ3n) is 3.11. The predicted octanol–water partition coefficient (Wildman–Crippen LogP) is 2.15. The Balaban J connectivity index is 1.94. The van der Waals surface area contributed by atoms with Gasteiger partial charge in [-0.2, -0.15) is 4.98 Å². The molecular formula is C15H21N3O2. The van der Waals surface area contributed by atoms with Gasteiger partial charge in [-0.3, -0.25) is 0 Å². The number of hydrogen-bond donors (Lipinski definition) is 1. The predicted molar refractivity (Wildman–Crippen MR) is 76.4 cm³/mol. The summed E-state index contributed by atoms with van der Waals surface area (Å²) in [5.74, 6) is 1.36. The van der Waals surface area contributed by atoms with Crippen LogP contribution in [0.2, 0.25) is 0 Å². The van der Waals surface area contributed by atoms with E-state index in [-0.39, 0.29) is 6.04 Å². The molecule has 0 aliphatic rings. The van der Waals surface area contributed by atoms with Gasteiger partial charge >= 0.3 is 0 Å². The monoisotopic (exact) mass is 275 g/mol. The average Bonchev–Trinajstić information content (AvgIpc) is 2.93. The highest BCUT2D eigenvalue weighted by atomic mass is 16.5. The molecule has 0 bridgehead atoms. The highest BCUT2D eigenvalue weighted by molar-refractivity contribution is 5.19. The second-order valence-corrected chi connectivity index (χ2v) is 4.51. The molecule has 1 N–H and O–H groups in total. The first-order valence-electron chi connectivity index (χ1n) is 6.95. The fourth-order valence-corrected chi connectivity index (χ4v) is 2.03. The van der Waals surface area contributed by atoms with Gasteiger partial charge in [-0.15, -0.1) is 0 Å². The van der Waals surface area contributed by atoms with E-state index in [0.717, 1.165) is 0 Å². The maximum atomic E-state index is 5.29. The second-order valence-electron chi connectivity index (χ2n) is 4.51. The molecule has 0 fully saturated rings. The zero-order valence-corrected chi connectivity index (χ0v) is 12.0. The van der Waals surface area contributed by atoms with E-state index < -0.39 is 0 Å². The van der Waals surface area contributed by atoms with Crippen molar-refractivity contribution in [2.75, 3.05) is 20.3 Å². The number of ether oxygens (including phenoxy) is 1. The summed E-state index contributed by atoms with van der Waals surface area (Å²) in [6.07, 6.45) is 1.37. The van der Waals surface area contributed by atoms with E-state index in [0.29, 0.717) is 37.8 Å². The highest BCUT2D eigenvalue weighted by Gasteiger charge is 2.14. The van der Waals surface area contributed by atoms with Gasteiger partial charge in [0.2, 0.25) is 5.89 Å². The van der Waals surface area contributed by atoms with Gasteiger partial charge in [0.05, 0.1) is 6.61 Å². The Kier molecular flexibility index (Phi) is 5.70. The van der Waals surface area contributed by atoms with Crippen molar-refractivity contribution in [2.45, 2.75) is 25.8 Å². The fraction of sp³-hybridized carbons (Fsp3) is 0.467. The topological polar surface area (TPSA) is 60.2 Å². The smallest absolute Gasteiger partial charge is 0.228 e. The average molecular weight is 275 g/mol. The number of likely N-dealkylation sites (N-methyl/N-ethyl adjacent to an activating group) is 1. The van der Waals surface area contributed by atoms with Crippen molar-refractivity contribution >= 4 is 0 Å². The molecule has 2 rings (SSSR count). The van der Waals surface area contributed by atoms with Gasteiger partial charge < -0.3 is 14.6 Å². The summed E-state index contributed by atoms with van der Waals surface area (Å²) in [5, 5.41) is 7.25. The highest BCUT2D eigenvalue weighted by Crippen LogP contribution is 2.16. The summed E-state index contributed by atoms with van der Waals surface area (Å²) in [5.41, 5.74) is 1.21. The SMILES string of the molecule is CCOCCc1noc(CC(NC)c2ccccc2)n1. The molecule has 0 saturated carbocycles. The Morgan fingerprint density at radius 2 is 2.10 bits per heavy atom. The molecule has 1 heterocycles. The van der Waals surface area contributed by atoms with E-state index in [2.05, 4.69) is 27.6 Å². The number of nitrogens with zero attached hydrogens (tertiary/aromatic N) is 2. The minimum absolute atomic E-state index is 0.177. The maximum absolute atomic E-state index is 5.29. The zero-order valence-electron chi connectivity index (χ0n) is 12.0. The van der Waals surface area contributed by atoms with Crippen molar-refractivity contribution in [3.8, 4) is 0 Å². The van der Waals surface area contributed by atoms with Crippen LogP contribution in [0.3, 0.4) is 0 Å². The molecule has 1 aromatic carbocycles. The quantitative estimate of drug-likeness (QED) is 0.748. The summed E-state index contributed by atoms with van der Waals surface area (Å²) in [6, 6.07) is 10.4. The van der Waals surface area contributed by atoms with Crippen molar-refractivity contribution in [1.29, 1.82) is 0 Å². The number of rotatable bonds is 8. The van der Waals surface area contributed by atoms with Crippen LogP contribution in [-0.4, -0.2) is 30.4 Å². The van der Waals surface area contributed by atoms with E-state index >= 15 is 0 Å². The van der Waals surface area contributed by atoms with Crippen LogP contribution < -0.4 is 5.32 Å². The molecule has 0 aliphatic heterocycles. The Morgan fingerprint density at radius 3 is 2.80 bits per heavy atom. The molecule has 1 unspecified atom stereocenters. The van der Waals surface area contributed by atoms with Gasteiger partial charge in [0.25, 0.3) is 0 Å².